The first-order chi connectivity index (χ1) is 8.15. The molecule has 0 bridgehead atoms. The van der Waals surface area contributed by atoms with E-state index in [1.54, 1.807) is 6.07 Å². The lowest BCUT2D eigenvalue weighted by molar-refractivity contribution is 0.875. The zero-order valence-corrected chi connectivity index (χ0v) is 11.1. The Kier molecular flexibility index (Phi) is 3.64. The molecule has 3 nitrogen and oxygen atoms in total. The highest BCUT2D eigenvalue weighted by molar-refractivity contribution is 9.10. The molecule has 2 aromatic rings. The minimum absolute atomic E-state index is 0.192. The Hall–Kier alpha value is -1.55. The van der Waals surface area contributed by atoms with Crippen molar-refractivity contribution in [3.63, 3.8) is 0 Å². The number of anilines is 2. The monoisotopic (exact) mass is 291 g/mol. The molecule has 0 aliphatic rings. The van der Waals surface area contributed by atoms with Gasteiger partial charge in [-0.3, -0.25) is 0 Å². The molecule has 1 aromatic carbocycles. The Balaban J connectivity index is 2.11. The van der Waals surface area contributed by atoms with Gasteiger partial charge >= 0.3 is 0 Å². The summed E-state index contributed by atoms with van der Waals surface area (Å²) in [6.45, 7) is 2.09. The third kappa shape index (κ3) is 3.20. The van der Waals surface area contributed by atoms with Crippen LogP contribution in [-0.2, 0) is 0 Å². The number of nitrogens with two attached hydrogens (primary N) is 1. The van der Waals surface area contributed by atoms with E-state index in [0.717, 1.165) is 10.3 Å². The van der Waals surface area contributed by atoms with Crippen LogP contribution in [-0.4, -0.2) is 4.98 Å². The summed E-state index contributed by atoms with van der Waals surface area (Å²) in [5.74, 6) is 1.32. The van der Waals surface area contributed by atoms with Crippen LogP contribution in [0.5, 0.6) is 0 Å². The molecule has 3 N–H and O–H groups in total. The van der Waals surface area contributed by atoms with Crippen LogP contribution in [0.4, 0.5) is 11.6 Å². The fourth-order valence-electron chi connectivity index (χ4n) is 1.59. The quantitative estimate of drug-likeness (QED) is 0.908. The zero-order chi connectivity index (χ0) is 12.3. The third-order valence-electron chi connectivity index (χ3n) is 2.51. The topological polar surface area (TPSA) is 50.9 Å². The van der Waals surface area contributed by atoms with Gasteiger partial charge in [-0.25, -0.2) is 4.98 Å². The van der Waals surface area contributed by atoms with Gasteiger partial charge in [0.2, 0.25) is 0 Å². The number of nitrogen functional groups attached to an aromatic ring is 1. The number of hydrogen-bond donors (Lipinski definition) is 2. The highest BCUT2D eigenvalue weighted by Gasteiger charge is 2.05. The van der Waals surface area contributed by atoms with Crippen molar-refractivity contribution in [2.75, 3.05) is 11.1 Å². The van der Waals surface area contributed by atoms with E-state index in [2.05, 4.69) is 45.3 Å². The fourth-order valence-corrected chi connectivity index (χ4v) is 1.85. The summed E-state index contributed by atoms with van der Waals surface area (Å²) in [5, 5.41) is 3.31. The van der Waals surface area contributed by atoms with E-state index < -0.39 is 0 Å². The molecule has 0 spiro atoms. The molecule has 0 saturated carbocycles. The van der Waals surface area contributed by atoms with E-state index in [1.165, 1.54) is 5.56 Å². The lowest BCUT2D eigenvalue weighted by Crippen LogP contribution is -2.08. The molecule has 4 heteroatoms. The highest BCUT2D eigenvalue weighted by atomic mass is 79.9. The minimum atomic E-state index is 0.192. The second kappa shape index (κ2) is 5.19. The fraction of sp³-hybridized carbons (Fsp3) is 0.154. The molecule has 17 heavy (non-hydrogen) atoms. The van der Waals surface area contributed by atoms with Crippen molar-refractivity contribution < 1.29 is 0 Å². The minimum Gasteiger partial charge on any atom is -0.384 e. The number of nitrogens with zero attached hydrogens (tertiary/aromatic N) is 1. The van der Waals surface area contributed by atoms with Crippen LogP contribution in [0.2, 0.25) is 0 Å². The van der Waals surface area contributed by atoms with E-state index in [0.29, 0.717) is 5.82 Å². The summed E-state index contributed by atoms with van der Waals surface area (Å²) in [6.07, 6.45) is 0. The zero-order valence-electron chi connectivity index (χ0n) is 9.52. The molecule has 1 atom stereocenters. The van der Waals surface area contributed by atoms with Gasteiger partial charge < -0.3 is 11.1 Å². The van der Waals surface area contributed by atoms with Gasteiger partial charge in [0.25, 0.3) is 0 Å². The Morgan fingerprint density at radius 3 is 2.53 bits per heavy atom. The number of rotatable bonds is 3. The van der Waals surface area contributed by atoms with Crippen molar-refractivity contribution in [1.82, 2.24) is 4.98 Å². The largest absolute Gasteiger partial charge is 0.384 e. The van der Waals surface area contributed by atoms with Crippen LogP contribution in [0.3, 0.4) is 0 Å². The summed E-state index contributed by atoms with van der Waals surface area (Å²) >= 11 is 3.42. The van der Waals surface area contributed by atoms with Crippen LogP contribution < -0.4 is 11.1 Å². The van der Waals surface area contributed by atoms with Crippen LogP contribution in [0.15, 0.2) is 46.9 Å². The average Bonchev–Trinajstić information content (AvgIpc) is 2.29. The predicted octanol–water partition coefficient (Wildman–Crippen LogP) is 3.60. The molecule has 1 unspecified atom stereocenters. The number of pyridine rings is 1. The van der Waals surface area contributed by atoms with Gasteiger partial charge in [-0.1, -0.05) is 34.1 Å². The maximum atomic E-state index is 5.64. The van der Waals surface area contributed by atoms with Crippen LogP contribution in [0.1, 0.15) is 18.5 Å². The van der Waals surface area contributed by atoms with Crippen LogP contribution in [0.25, 0.3) is 0 Å². The van der Waals surface area contributed by atoms with Crippen molar-refractivity contribution in [2.45, 2.75) is 13.0 Å². The molecule has 0 aliphatic carbocycles. The Morgan fingerprint density at radius 2 is 1.88 bits per heavy atom. The lowest BCUT2D eigenvalue weighted by atomic mass is 10.1. The van der Waals surface area contributed by atoms with Gasteiger partial charge in [-0.05, 0) is 36.8 Å². The van der Waals surface area contributed by atoms with E-state index in [4.69, 9.17) is 5.73 Å². The van der Waals surface area contributed by atoms with Crippen LogP contribution >= 0.6 is 15.9 Å². The Morgan fingerprint density at radius 1 is 1.18 bits per heavy atom. The Labute approximate surface area is 109 Å². The van der Waals surface area contributed by atoms with Crippen LogP contribution in [0, 0.1) is 0 Å². The molecule has 0 radical (unpaired) electrons. The molecular formula is C13H14BrN3. The predicted molar refractivity (Wildman–Crippen MR) is 74.8 cm³/mol. The Bertz CT molecular complexity index is 496. The number of hydrogen-bond acceptors (Lipinski definition) is 3. The second-order valence-corrected chi connectivity index (χ2v) is 4.78. The van der Waals surface area contributed by atoms with Gasteiger partial charge in [0, 0.05) is 10.5 Å². The smallest absolute Gasteiger partial charge is 0.128 e. The molecule has 0 amide bonds. The summed E-state index contributed by atoms with van der Waals surface area (Å²) < 4.78 is 1.08. The molecule has 1 aromatic heterocycles. The van der Waals surface area contributed by atoms with Gasteiger partial charge in [-0.15, -0.1) is 0 Å². The van der Waals surface area contributed by atoms with Gasteiger partial charge in [0.15, 0.2) is 0 Å². The summed E-state index contributed by atoms with van der Waals surface area (Å²) in [6, 6.07) is 14.0. The molecule has 0 saturated heterocycles. The SMILES string of the molecule is CC(Nc1cccc(N)n1)c1ccc(Br)cc1. The number of nitrogens with one attached hydrogen (secondary N) is 1. The standard InChI is InChI=1S/C13H14BrN3/c1-9(10-5-7-11(14)8-6-10)16-13-4-2-3-12(15)17-13/h2-9H,1H3,(H3,15,16,17). The molecule has 1 heterocycles. The maximum Gasteiger partial charge on any atom is 0.128 e. The molecule has 2 rings (SSSR count). The van der Waals surface area contributed by atoms with Crippen molar-refractivity contribution in [1.29, 1.82) is 0 Å². The normalized spacial score (nSPS) is 12.1. The number of benzene rings is 1. The summed E-state index contributed by atoms with van der Waals surface area (Å²) in [7, 11) is 0. The van der Waals surface area contributed by atoms with Crippen molar-refractivity contribution in [3.05, 3.63) is 52.5 Å². The van der Waals surface area contributed by atoms with Gasteiger partial charge in [0.1, 0.15) is 11.6 Å². The van der Waals surface area contributed by atoms with E-state index in [-0.39, 0.29) is 6.04 Å². The van der Waals surface area contributed by atoms with Crippen molar-refractivity contribution in [3.8, 4) is 0 Å². The molecular weight excluding hydrogens is 278 g/mol. The molecule has 0 fully saturated rings. The average molecular weight is 292 g/mol. The van der Waals surface area contributed by atoms with Crippen molar-refractivity contribution >= 4 is 27.6 Å². The van der Waals surface area contributed by atoms with Gasteiger partial charge in [0.05, 0.1) is 0 Å². The first kappa shape index (κ1) is 11.9. The number of aromatic nitrogens is 1. The second-order valence-electron chi connectivity index (χ2n) is 3.87. The summed E-state index contributed by atoms with van der Waals surface area (Å²) in [4.78, 5) is 4.21. The first-order valence-electron chi connectivity index (χ1n) is 5.39. The molecule has 0 aliphatic heterocycles. The molecule has 88 valence electrons. The van der Waals surface area contributed by atoms with E-state index in [1.807, 2.05) is 24.3 Å². The summed E-state index contributed by atoms with van der Waals surface area (Å²) in [5.41, 5.74) is 6.84. The maximum absolute atomic E-state index is 5.64. The van der Waals surface area contributed by atoms with E-state index in [9.17, 15) is 0 Å². The third-order valence-corrected chi connectivity index (χ3v) is 3.03. The number of halogens is 1. The lowest BCUT2D eigenvalue weighted by Gasteiger charge is -2.15. The highest BCUT2D eigenvalue weighted by Crippen LogP contribution is 2.20. The van der Waals surface area contributed by atoms with Gasteiger partial charge in [-0.2, -0.15) is 0 Å². The first-order valence-corrected chi connectivity index (χ1v) is 6.19. The van der Waals surface area contributed by atoms with E-state index >= 15 is 0 Å². The van der Waals surface area contributed by atoms with Crippen molar-refractivity contribution in [2.24, 2.45) is 0 Å².